The van der Waals surface area contributed by atoms with Crippen molar-refractivity contribution in [3.63, 3.8) is 0 Å². The molecule has 8 heteroatoms. The summed E-state index contributed by atoms with van der Waals surface area (Å²) in [7, 11) is 1.65. The Morgan fingerprint density at radius 2 is 1.87 bits per heavy atom. The Kier molecular flexibility index (Phi) is 8.86. The number of likely N-dealkylation sites (N-methyl/N-ethyl adjacent to an activating group) is 1. The highest BCUT2D eigenvalue weighted by Crippen LogP contribution is 2.23. The highest BCUT2D eigenvalue weighted by atomic mass is 16.2. The fourth-order valence-electron chi connectivity index (χ4n) is 5.04. The molecule has 0 unspecified atom stereocenters. The number of aryl methyl sites for hydroxylation is 1. The minimum Gasteiger partial charge on any atom is -0.361 e. The SMILES string of the molecule is CN(C(=O)/C=C/CC(C)(C)N)[C@H](Cc1c[nH]c2ccccc12)C(=O)N1CCNC(=O)[C@H]1CCc1ccccc1. The van der Waals surface area contributed by atoms with Crippen molar-refractivity contribution in [1.82, 2.24) is 20.1 Å². The van der Waals surface area contributed by atoms with Gasteiger partial charge in [-0.3, -0.25) is 14.4 Å². The lowest BCUT2D eigenvalue weighted by Gasteiger charge is -2.39. The van der Waals surface area contributed by atoms with E-state index in [9.17, 15) is 14.4 Å². The smallest absolute Gasteiger partial charge is 0.246 e. The molecular weight excluding hydrogens is 490 g/mol. The topological polar surface area (TPSA) is 112 Å². The zero-order chi connectivity index (χ0) is 28.0. The summed E-state index contributed by atoms with van der Waals surface area (Å²) in [4.78, 5) is 46.8. The second kappa shape index (κ2) is 12.3. The van der Waals surface area contributed by atoms with E-state index in [1.165, 1.54) is 11.0 Å². The highest BCUT2D eigenvalue weighted by Gasteiger charge is 2.38. The van der Waals surface area contributed by atoms with Crippen molar-refractivity contribution in [2.45, 2.75) is 57.2 Å². The van der Waals surface area contributed by atoms with Gasteiger partial charge in [-0.15, -0.1) is 0 Å². The van der Waals surface area contributed by atoms with E-state index in [4.69, 9.17) is 5.73 Å². The molecule has 2 aromatic carbocycles. The molecule has 39 heavy (non-hydrogen) atoms. The molecule has 0 bridgehead atoms. The number of hydrogen-bond acceptors (Lipinski definition) is 4. The second-order valence-electron chi connectivity index (χ2n) is 11.0. The number of hydrogen-bond donors (Lipinski definition) is 3. The van der Waals surface area contributed by atoms with Gasteiger partial charge in [-0.2, -0.15) is 0 Å². The number of nitrogens with zero attached hydrogens (tertiary/aromatic N) is 2. The number of benzene rings is 2. The molecule has 3 amide bonds. The molecule has 8 nitrogen and oxygen atoms in total. The number of fused-ring (bicyclic) bond motifs is 1. The lowest BCUT2D eigenvalue weighted by molar-refractivity contribution is -0.149. The fourth-order valence-corrected chi connectivity index (χ4v) is 5.04. The predicted molar refractivity (Wildman–Crippen MR) is 154 cm³/mol. The van der Waals surface area contributed by atoms with E-state index in [2.05, 4.69) is 10.3 Å². The van der Waals surface area contributed by atoms with Gasteiger partial charge in [0.05, 0.1) is 0 Å². The van der Waals surface area contributed by atoms with Crippen LogP contribution in [0.25, 0.3) is 10.9 Å². The van der Waals surface area contributed by atoms with Crippen molar-refractivity contribution in [2.24, 2.45) is 5.73 Å². The summed E-state index contributed by atoms with van der Waals surface area (Å²) in [5.74, 6) is -0.660. The molecule has 1 aliphatic rings. The van der Waals surface area contributed by atoms with E-state index in [0.717, 1.165) is 22.0 Å². The number of H-pyrrole nitrogens is 1. The largest absolute Gasteiger partial charge is 0.361 e. The van der Waals surface area contributed by atoms with Crippen LogP contribution in [0.2, 0.25) is 0 Å². The normalized spacial score (nSPS) is 16.9. The number of aromatic nitrogens is 1. The molecule has 1 aromatic heterocycles. The Balaban J connectivity index is 1.60. The number of nitrogens with one attached hydrogen (secondary N) is 2. The van der Waals surface area contributed by atoms with Crippen molar-refractivity contribution >= 4 is 28.6 Å². The van der Waals surface area contributed by atoms with E-state index in [1.54, 1.807) is 18.0 Å². The number of carbonyl (C=O) groups excluding carboxylic acids is 3. The van der Waals surface area contributed by atoms with Crippen LogP contribution >= 0.6 is 0 Å². The van der Waals surface area contributed by atoms with Gasteiger partial charge in [0, 0.05) is 49.2 Å². The van der Waals surface area contributed by atoms with Gasteiger partial charge in [-0.25, -0.2) is 0 Å². The molecule has 3 aromatic rings. The van der Waals surface area contributed by atoms with Crippen LogP contribution in [-0.4, -0.2) is 70.3 Å². The summed E-state index contributed by atoms with van der Waals surface area (Å²) in [5, 5.41) is 3.92. The maximum Gasteiger partial charge on any atom is 0.246 e. The third kappa shape index (κ3) is 7.15. The molecule has 0 saturated carbocycles. The monoisotopic (exact) mass is 529 g/mol. The van der Waals surface area contributed by atoms with Gasteiger partial charge >= 0.3 is 0 Å². The first-order valence-electron chi connectivity index (χ1n) is 13.5. The van der Waals surface area contributed by atoms with Crippen LogP contribution in [0.4, 0.5) is 0 Å². The van der Waals surface area contributed by atoms with Crippen molar-refractivity contribution in [3.05, 3.63) is 84.1 Å². The molecule has 206 valence electrons. The van der Waals surface area contributed by atoms with Gasteiger partial charge in [-0.1, -0.05) is 54.6 Å². The Morgan fingerprint density at radius 3 is 2.62 bits per heavy atom. The average molecular weight is 530 g/mol. The first kappa shape index (κ1) is 28.1. The second-order valence-corrected chi connectivity index (χ2v) is 11.0. The van der Waals surface area contributed by atoms with Gasteiger partial charge in [0.25, 0.3) is 0 Å². The maximum atomic E-state index is 14.2. The van der Waals surface area contributed by atoms with Crippen LogP contribution in [0.3, 0.4) is 0 Å². The first-order valence-corrected chi connectivity index (χ1v) is 13.5. The quantitative estimate of drug-likeness (QED) is 0.350. The number of amides is 3. The Morgan fingerprint density at radius 1 is 1.15 bits per heavy atom. The zero-order valence-corrected chi connectivity index (χ0v) is 23.0. The number of rotatable bonds is 10. The Labute approximate surface area is 230 Å². The van der Waals surface area contributed by atoms with Gasteiger partial charge in [0.15, 0.2) is 0 Å². The molecule has 4 N–H and O–H groups in total. The summed E-state index contributed by atoms with van der Waals surface area (Å²) in [6.07, 6.45) is 7.16. The Hall–Kier alpha value is -3.91. The third-order valence-electron chi connectivity index (χ3n) is 7.26. The summed E-state index contributed by atoms with van der Waals surface area (Å²) in [6.45, 7) is 4.57. The fraction of sp³-hybridized carbons (Fsp3) is 0.387. The third-order valence-corrected chi connectivity index (χ3v) is 7.26. The molecule has 1 fully saturated rings. The van der Waals surface area contributed by atoms with Crippen molar-refractivity contribution in [1.29, 1.82) is 0 Å². The van der Waals surface area contributed by atoms with Crippen LogP contribution in [0.15, 0.2) is 72.9 Å². The number of piperazine rings is 1. The van der Waals surface area contributed by atoms with Crippen LogP contribution < -0.4 is 11.1 Å². The highest BCUT2D eigenvalue weighted by molar-refractivity contribution is 5.96. The molecule has 1 aliphatic heterocycles. The van der Waals surface area contributed by atoms with Crippen molar-refractivity contribution in [3.8, 4) is 0 Å². The van der Waals surface area contributed by atoms with Crippen LogP contribution in [0.5, 0.6) is 0 Å². The van der Waals surface area contributed by atoms with Gasteiger partial charge in [-0.05, 0) is 56.4 Å². The average Bonchev–Trinajstić information content (AvgIpc) is 3.33. The molecule has 1 saturated heterocycles. The first-order chi connectivity index (χ1) is 18.6. The molecule has 2 heterocycles. The van der Waals surface area contributed by atoms with E-state index in [1.807, 2.05) is 74.6 Å². The van der Waals surface area contributed by atoms with E-state index < -0.39 is 17.6 Å². The molecular formula is C31H39N5O3. The van der Waals surface area contributed by atoms with Crippen molar-refractivity contribution < 1.29 is 14.4 Å². The lowest BCUT2D eigenvalue weighted by atomic mass is 9.98. The number of para-hydroxylation sites is 1. The predicted octanol–water partition coefficient (Wildman–Crippen LogP) is 3.18. The summed E-state index contributed by atoms with van der Waals surface area (Å²) < 4.78 is 0. The van der Waals surface area contributed by atoms with Crippen LogP contribution in [0, 0.1) is 0 Å². The van der Waals surface area contributed by atoms with Crippen LogP contribution in [-0.2, 0) is 27.2 Å². The molecule has 2 atom stereocenters. The van der Waals surface area contributed by atoms with Crippen LogP contribution in [0.1, 0.15) is 37.8 Å². The summed E-state index contributed by atoms with van der Waals surface area (Å²) in [5.41, 5.74) is 8.65. The number of aromatic amines is 1. The molecule has 0 aliphatic carbocycles. The van der Waals surface area contributed by atoms with E-state index in [-0.39, 0.29) is 17.7 Å². The van der Waals surface area contributed by atoms with Gasteiger partial charge in [0.1, 0.15) is 12.1 Å². The van der Waals surface area contributed by atoms with Gasteiger partial charge < -0.3 is 25.8 Å². The minimum atomic E-state index is -0.780. The Bertz CT molecular complexity index is 1320. The molecule has 0 spiro atoms. The van der Waals surface area contributed by atoms with Gasteiger partial charge in [0.2, 0.25) is 17.7 Å². The van der Waals surface area contributed by atoms with E-state index >= 15 is 0 Å². The molecule has 4 rings (SSSR count). The lowest BCUT2D eigenvalue weighted by Crippen LogP contribution is -2.61. The standard InChI is InChI=1S/C31H39N5O3/c1-31(2,32)17-9-14-28(37)35(3)27(20-23-21-34-25-13-8-7-12-24(23)25)30(39)36-19-18-33-29(38)26(36)16-15-22-10-5-4-6-11-22/h4-14,21,26-27,34H,15-20,32H2,1-3H3,(H,33,38)/b14-9+/t26-,27-/m1/s1. The number of carbonyl (C=O) groups is 3. The van der Waals surface area contributed by atoms with E-state index in [0.29, 0.717) is 38.8 Å². The number of nitrogens with two attached hydrogens (primary N) is 1. The van der Waals surface area contributed by atoms with Crippen molar-refractivity contribution in [2.75, 3.05) is 20.1 Å². The minimum absolute atomic E-state index is 0.157. The summed E-state index contributed by atoms with van der Waals surface area (Å²) >= 11 is 0. The maximum absolute atomic E-state index is 14.2. The summed E-state index contributed by atoms with van der Waals surface area (Å²) in [6, 6.07) is 16.4. The zero-order valence-electron chi connectivity index (χ0n) is 23.0. The molecule has 0 radical (unpaired) electrons.